The standard InChI is InChI=1S/C33H35FN4O6S/c1-21-18-38(22(2)20-39)32(40)27-11-7-13-29(36-45(42,43)25-16-14-24(34)15-17-25)31(27)44-30(21)19-37(3)33(41)35-28-12-6-9-23-8-4-5-10-26(23)28/h4-17,21-22,30,36,39H,18-20H2,1-3H3,(H,35,41)/t21-,22+,30+/m1/s1. The van der Waals surface area contributed by atoms with Crippen LogP contribution >= 0.6 is 0 Å². The minimum atomic E-state index is -4.19. The van der Waals surface area contributed by atoms with E-state index in [1.807, 2.05) is 49.4 Å². The Balaban J connectivity index is 1.47. The number of urea groups is 1. The fourth-order valence-electron chi connectivity index (χ4n) is 5.26. The lowest BCUT2D eigenvalue weighted by Gasteiger charge is -2.38. The molecule has 0 saturated carbocycles. The first-order chi connectivity index (χ1) is 21.5. The van der Waals surface area contributed by atoms with Crippen LogP contribution in [0.3, 0.4) is 0 Å². The number of fused-ring (bicyclic) bond motifs is 2. The summed E-state index contributed by atoms with van der Waals surface area (Å²) in [7, 11) is -2.57. The number of hydrogen-bond acceptors (Lipinski definition) is 6. The van der Waals surface area contributed by atoms with Crippen LogP contribution in [0.25, 0.3) is 10.8 Å². The number of aliphatic hydroxyl groups is 1. The summed E-state index contributed by atoms with van der Waals surface area (Å²) in [6, 6.07) is 21.3. The molecule has 3 amide bonds. The van der Waals surface area contributed by atoms with Crippen LogP contribution in [0.2, 0.25) is 0 Å². The van der Waals surface area contributed by atoms with Crippen LogP contribution in [-0.4, -0.2) is 74.2 Å². The van der Waals surface area contributed by atoms with Crippen molar-refractivity contribution in [1.82, 2.24) is 9.80 Å². The molecule has 0 aromatic heterocycles. The second-order valence-corrected chi connectivity index (χ2v) is 12.9. The molecule has 3 N–H and O–H groups in total. The third-order valence-electron chi connectivity index (χ3n) is 7.89. The first kappa shape index (κ1) is 31.7. The number of para-hydroxylation sites is 1. The van der Waals surface area contributed by atoms with Gasteiger partial charge in [-0.3, -0.25) is 9.52 Å². The fraction of sp³-hybridized carbons (Fsp3) is 0.273. The number of halogens is 1. The van der Waals surface area contributed by atoms with Crippen LogP contribution in [-0.2, 0) is 10.0 Å². The molecule has 236 valence electrons. The molecular weight excluding hydrogens is 599 g/mol. The smallest absolute Gasteiger partial charge is 0.321 e. The Hall–Kier alpha value is -4.68. The SMILES string of the molecule is C[C@@H]1CN([C@@H](C)CO)C(=O)c2cccc(NS(=O)(=O)c3ccc(F)cc3)c2O[C@H]1CN(C)C(=O)Nc1cccc2ccccc12. The van der Waals surface area contributed by atoms with Crippen LogP contribution < -0.4 is 14.8 Å². The summed E-state index contributed by atoms with van der Waals surface area (Å²) in [6.07, 6.45) is -0.690. The Bertz CT molecular complexity index is 1810. The molecule has 10 nitrogen and oxygen atoms in total. The highest BCUT2D eigenvalue weighted by molar-refractivity contribution is 7.92. The van der Waals surface area contributed by atoms with E-state index in [4.69, 9.17) is 4.74 Å². The second-order valence-electron chi connectivity index (χ2n) is 11.2. The highest BCUT2D eigenvalue weighted by atomic mass is 32.2. The average molecular weight is 635 g/mol. The molecule has 0 bridgehead atoms. The third-order valence-corrected chi connectivity index (χ3v) is 9.27. The molecular formula is C33H35FN4O6S. The average Bonchev–Trinajstić information content (AvgIpc) is 3.02. The largest absolute Gasteiger partial charge is 0.485 e. The number of anilines is 2. The second kappa shape index (κ2) is 13.1. The molecule has 1 aliphatic rings. The highest BCUT2D eigenvalue weighted by Crippen LogP contribution is 2.36. The van der Waals surface area contributed by atoms with E-state index in [9.17, 15) is 27.5 Å². The summed E-state index contributed by atoms with van der Waals surface area (Å²) >= 11 is 0. The number of rotatable bonds is 8. The van der Waals surface area contributed by atoms with Gasteiger partial charge in [0.25, 0.3) is 15.9 Å². The summed E-state index contributed by atoms with van der Waals surface area (Å²) < 4.78 is 48.9. The van der Waals surface area contributed by atoms with Crippen molar-refractivity contribution in [1.29, 1.82) is 0 Å². The predicted octanol–water partition coefficient (Wildman–Crippen LogP) is 5.16. The Morgan fingerprint density at radius 1 is 1.04 bits per heavy atom. The van der Waals surface area contributed by atoms with E-state index in [-0.39, 0.29) is 53.5 Å². The number of ether oxygens (including phenoxy) is 1. The number of carbonyl (C=O) groups excluding carboxylic acids is 2. The topological polar surface area (TPSA) is 128 Å². The van der Waals surface area contributed by atoms with Crippen molar-refractivity contribution in [2.45, 2.75) is 30.9 Å². The zero-order valence-electron chi connectivity index (χ0n) is 25.1. The van der Waals surface area contributed by atoms with Crippen LogP contribution in [0, 0.1) is 11.7 Å². The van der Waals surface area contributed by atoms with Crippen molar-refractivity contribution in [2.24, 2.45) is 5.92 Å². The molecule has 0 spiro atoms. The molecule has 0 saturated heterocycles. The van der Waals surface area contributed by atoms with Crippen LogP contribution in [0.1, 0.15) is 24.2 Å². The molecule has 4 aromatic carbocycles. The van der Waals surface area contributed by atoms with Gasteiger partial charge in [0.2, 0.25) is 0 Å². The van der Waals surface area contributed by atoms with Gasteiger partial charge in [0.05, 0.1) is 41.0 Å². The molecule has 5 rings (SSSR count). The quantitative estimate of drug-likeness (QED) is 0.246. The van der Waals surface area contributed by atoms with E-state index in [0.717, 1.165) is 35.0 Å². The first-order valence-electron chi connectivity index (χ1n) is 14.5. The van der Waals surface area contributed by atoms with Crippen LogP contribution in [0.15, 0.2) is 89.8 Å². The van der Waals surface area contributed by atoms with E-state index >= 15 is 0 Å². The van der Waals surface area contributed by atoms with Gasteiger partial charge in [-0.2, -0.15) is 0 Å². The van der Waals surface area contributed by atoms with E-state index in [2.05, 4.69) is 10.0 Å². The predicted molar refractivity (Wildman–Crippen MR) is 170 cm³/mol. The molecule has 4 aromatic rings. The maximum absolute atomic E-state index is 13.7. The van der Waals surface area contributed by atoms with Gasteiger partial charge < -0.3 is 25.0 Å². The summed E-state index contributed by atoms with van der Waals surface area (Å²) in [5.74, 6) is -1.38. The first-order valence-corrected chi connectivity index (χ1v) is 16.0. The number of sulfonamides is 1. The van der Waals surface area contributed by atoms with Gasteiger partial charge in [0, 0.05) is 24.9 Å². The lowest BCUT2D eigenvalue weighted by Crippen LogP contribution is -2.50. The van der Waals surface area contributed by atoms with E-state index in [0.29, 0.717) is 5.69 Å². The van der Waals surface area contributed by atoms with Gasteiger partial charge in [-0.15, -0.1) is 0 Å². The van der Waals surface area contributed by atoms with Crippen molar-refractivity contribution < 1.29 is 32.2 Å². The van der Waals surface area contributed by atoms with Gasteiger partial charge in [-0.05, 0) is 54.8 Å². The molecule has 0 aliphatic carbocycles. The molecule has 12 heteroatoms. The number of nitrogens with one attached hydrogen (secondary N) is 2. The normalized spacial score (nSPS) is 17.4. The number of nitrogens with zero attached hydrogens (tertiary/aromatic N) is 2. The Morgan fingerprint density at radius 2 is 1.71 bits per heavy atom. The monoisotopic (exact) mass is 634 g/mol. The van der Waals surface area contributed by atoms with Crippen molar-refractivity contribution >= 4 is 44.1 Å². The fourth-order valence-corrected chi connectivity index (χ4v) is 6.32. The van der Waals surface area contributed by atoms with Crippen molar-refractivity contribution in [3.63, 3.8) is 0 Å². The molecule has 0 radical (unpaired) electrons. The minimum absolute atomic E-state index is 0.00346. The van der Waals surface area contributed by atoms with Gasteiger partial charge in [0.1, 0.15) is 11.9 Å². The summed E-state index contributed by atoms with van der Waals surface area (Å²) in [5, 5.41) is 14.8. The molecule has 0 fully saturated rings. The maximum atomic E-state index is 13.7. The van der Waals surface area contributed by atoms with Crippen molar-refractivity contribution in [3.8, 4) is 5.75 Å². The third kappa shape index (κ3) is 6.86. The van der Waals surface area contributed by atoms with Crippen LogP contribution in [0.4, 0.5) is 20.6 Å². The number of amides is 3. The lowest BCUT2D eigenvalue weighted by atomic mass is 9.99. The van der Waals surface area contributed by atoms with Crippen molar-refractivity contribution in [2.75, 3.05) is 36.8 Å². The lowest BCUT2D eigenvalue weighted by molar-refractivity contribution is 0.0373. The Labute approximate surface area is 261 Å². The zero-order valence-corrected chi connectivity index (χ0v) is 25.9. The zero-order chi connectivity index (χ0) is 32.3. The minimum Gasteiger partial charge on any atom is -0.485 e. The molecule has 1 heterocycles. The van der Waals surface area contributed by atoms with Crippen LogP contribution in [0.5, 0.6) is 5.75 Å². The number of benzene rings is 4. The Morgan fingerprint density at radius 3 is 2.44 bits per heavy atom. The summed E-state index contributed by atoms with van der Waals surface area (Å²) in [5.41, 5.74) is 0.742. The van der Waals surface area contributed by atoms with E-state index in [1.165, 1.54) is 28.0 Å². The molecule has 1 aliphatic heterocycles. The Kier molecular flexibility index (Phi) is 9.26. The van der Waals surface area contributed by atoms with Gasteiger partial charge >= 0.3 is 6.03 Å². The van der Waals surface area contributed by atoms with E-state index in [1.54, 1.807) is 14.0 Å². The van der Waals surface area contributed by atoms with E-state index < -0.39 is 33.9 Å². The molecule has 3 atom stereocenters. The summed E-state index contributed by atoms with van der Waals surface area (Å²) in [6.45, 7) is 3.60. The number of aliphatic hydroxyl groups excluding tert-OH is 1. The number of hydrogen-bond donors (Lipinski definition) is 3. The van der Waals surface area contributed by atoms with Gasteiger partial charge in [0.15, 0.2) is 5.75 Å². The highest BCUT2D eigenvalue weighted by Gasteiger charge is 2.35. The van der Waals surface area contributed by atoms with Crippen molar-refractivity contribution in [3.05, 3.63) is 96.3 Å². The molecule has 45 heavy (non-hydrogen) atoms. The van der Waals surface area contributed by atoms with Gasteiger partial charge in [-0.1, -0.05) is 49.4 Å². The molecule has 0 unspecified atom stereocenters. The maximum Gasteiger partial charge on any atom is 0.321 e. The van der Waals surface area contributed by atoms with Gasteiger partial charge in [-0.25, -0.2) is 17.6 Å². The summed E-state index contributed by atoms with van der Waals surface area (Å²) in [4.78, 5) is 29.9. The number of carbonyl (C=O) groups is 2. The number of likely N-dealkylation sites (N-methyl/N-ethyl adjacent to an activating group) is 1.